The number of carbonyl (C=O) groups is 3. The van der Waals surface area contributed by atoms with Crippen LogP contribution >= 0.6 is 0 Å². The van der Waals surface area contributed by atoms with E-state index < -0.39 is 34.4 Å². The Morgan fingerprint density at radius 1 is 1.03 bits per heavy atom. The third-order valence-electron chi connectivity index (χ3n) is 7.16. The Hall–Kier alpha value is -1.67. The molecule has 1 saturated carbocycles. The highest BCUT2D eigenvalue weighted by molar-refractivity contribution is 5.82. The van der Waals surface area contributed by atoms with Gasteiger partial charge in [-0.15, -0.1) is 4.48 Å². The quantitative estimate of drug-likeness (QED) is 0.664. The molecule has 8 heteroatoms. The van der Waals surface area contributed by atoms with Crippen LogP contribution in [-0.4, -0.2) is 75.6 Å². The predicted octanol–water partition coefficient (Wildman–Crippen LogP) is 4.16. The van der Waals surface area contributed by atoms with E-state index in [0.29, 0.717) is 25.4 Å². The van der Waals surface area contributed by atoms with Crippen molar-refractivity contribution in [1.82, 2.24) is 4.90 Å². The number of rotatable bonds is 3. The maximum atomic E-state index is 13.5. The van der Waals surface area contributed by atoms with Crippen molar-refractivity contribution in [1.29, 1.82) is 0 Å². The number of likely N-dealkylation sites (tertiary alicyclic amines) is 1. The molecule has 176 valence electrons. The molecule has 3 fully saturated rings. The van der Waals surface area contributed by atoms with E-state index in [1.165, 1.54) is 0 Å². The van der Waals surface area contributed by atoms with Crippen molar-refractivity contribution in [3.8, 4) is 0 Å². The van der Waals surface area contributed by atoms with Crippen LogP contribution in [0.15, 0.2) is 0 Å². The fourth-order valence-corrected chi connectivity index (χ4v) is 5.42. The van der Waals surface area contributed by atoms with Gasteiger partial charge in [-0.3, -0.25) is 4.79 Å². The second-order valence-corrected chi connectivity index (χ2v) is 10.7. The van der Waals surface area contributed by atoms with Crippen LogP contribution in [0.4, 0.5) is 9.59 Å². The van der Waals surface area contributed by atoms with E-state index in [0.717, 1.165) is 32.1 Å². The van der Waals surface area contributed by atoms with Crippen LogP contribution in [0.2, 0.25) is 0 Å². The SMILES string of the molecule is CC1C[C@H](N(C(=O)[C@@H]2CCCO2)[C@H]2CC[C@@H](C)CC2)C[N+]1(C(=O)O)C(=O)OC(C)(C)C. The molecule has 0 radical (unpaired) electrons. The molecule has 3 aliphatic rings. The minimum Gasteiger partial charge on any atom is -0.435 e. The lowest BCUT2D eigenvalue weighted by molar-refractivity contribution is -0.797. The summed E-state index contributed by atoms with van der Waals surface area (Å²) in [4.78, 5) is 40.9. The van der Waals surface area contributed by atoms with Gasteiger partial charge >= 0.3 is 12.2 Å². The lowest BCUT2D eigenvalue weighted by atomic mass is 9.85. The molecule has 3 amide bonds. The summed E-state index contributed by atoms with van der Waals surface area (Å²) in [6.45, 7) is 9.83. The number of hydrogen-bond acceptors (Lipinski definition) is 5. The van der Waals surface area contributed by atoms with Crippen molar-refractivity contribution in [3.63, 3.8) is 0 Å². The monoisotopic (exact) mass is 439 g/mol. The van der Waals surface area contributed by atoms with Crippen LogP contribution in [0.3, 0.4) is 0 Å². The van der Waals surface area contributed by atoms with Gasteiger partial charge in [-0.2, -0.15) is 9.59 Å². The number of nitrogens with zero attached hydrogens (tertiary/aromatic N) is 2. The van der Waals surface area contributed by atoms with Crippen LogP contribution in [-0.2, 0) is 14.3 Å². The number of hydrogen-bond donors (Lipinski definition) is 1. The van der Waals surface area contributed by atoms with Crippen molar-refractivity contribution in [2.45, 2.75) is 109 Å². The average molecular weight is 440 g/mol. The highest BCUT2D eigenvalue weighted by Crippen LogP contribution is 2.37. The van der Waals surface area contributed by atoms with Crippen molar-refractivity contribution in [2.75, 3.05) is 13.2 Å². The molecule has 3 rings (SSSR count). The van der Waals surface area contributed by atoms with Crippen LogP contribution in [0.25, 0.3) is 0 Å². The minimum absolute atomic E-state index is 0.0376. The standard InChI is InChI=1S/C23H38N2O6/c1-15-8-10-17(11-9-15)24(20(26)19-7-6-12-30-19)18-13-16(2)25(14-18,21(27)28)22(29)31-23(3,4)5/h15-19H,6-14H2,1-5H3/p+1/t15-,16?,17+,18-,19-,25?/m0/s1. The molecule has 0 aromatic rings. The molecule has 0 aromatic carbocycles. The summed E-state index contributed by atoms with van der Waals surface area (Å²) in [5.41, 5.74) is -0.789. The Morgan fingerprint density at radius 3 is 2.19 bits per heavy atom. The molecule has 2 saturated heterocycles. The maximum Gasteiger partial charge on any atom is 0.527 e. The Balaban J connectivity index is 1.89. The topological polar surface area (TPSA) is 93.1 Å². The molecule has 0 aromatic heterocycles. The number of imide groups is 1. The highest BCUT2D eigenvalue weighted by atomic mass is 16.6. The first-order valence-corrected chi connectivity index (χ1v) is 11.7. The number of amides is 3. The average Bonchev–Trinajstić information content (AvgIpc) is 3.30. The van der Waals surface area contributed by atoms with Crippen LogP contribution in [0, 0.1) is 5.92 Å². The summed E-state index contributed by atoms with van der Waals surface area (Å²) >= 11 is 0. The molecule has 0 bridgehead atoms. The van der Waals surface area contributed by atoms with Crippen molar-refractivity contribution < 1.29 is 33.4 Å². The largest absolute Gasteiger partial charge is 0.527 e. The lowest BCUT2D eigenvalue weighted by Gasteiger charge is -2.40. The van der Waals surface area contributed by atoms with E-state index >= 15 is 0 Å². The minimum atomic E-state index is -1.22. The number of carboxylic acid groups (broad SMARTS) is 1. The molecule has 0 spiro atoms. The molecule has 4 atom stereocenters. The van der Waals surface area contributed by atoms with Gasteiger partial charge in [0.2, 0.25) is 0 Å². The van der Waals surface area contributed by atoms with E-state index in [2.05, 4.69) is 6.92 Å². The molecule has 1 aliphatic carbocycles. The molecule has 1 N–H and O–H groups in total. The Morgan fingerprint density at radius 2 is 1.68 bits per heavy atom. The summed E-state index contributed by atoms with van der Waals surface area (Å²) < 4.78 is 10.4. The molecular weight excluding hydrogens is 400 g/mol. The highest BCUT2D eigenvalue weighted by Gasteiger charge is 2.61. The van der Waals surface area contributed by atoms with Crippen molar-refractivity contribution in [2.24, 2.45) is 5.92 Å². The smallest absolute Gasteiger partial charge is 0.435 e. The molecule has 31 heavy (non-hydrogen) atoms. The molecule has 2 unspecified atom stereocenters. The number of carbonyl (C=O) groups excluding carboxylic acids is 2. The molecular formula is C23H39N2O6+. The van der Waals surface area contributed by atoms with Gasteiger partial charge < -0.3 is 19.5 Å². The zero-order valence-electron chi connectivity index (χ0n) is 19.6. The van der Waals surface area contributed by atoms with Gasteiger partial charge in [-0.05, 0) is 72.1 Å². The lowest BCUT2D eigenvalue weighted by Crippen LogP contribution is -2.61. The Labute approximate surface area is 185 Å². The Bertz CT molecular complexity index is 691. The van der Waals surface area contributed by atoms with Crippen molar-refractivity contribution >= 4 is 18.1 Å². The van der Waals surface area contributed by atoms with Crippen LogP contribution in [0.1, 0.15) is 79.6 Å². The predicted molar refractivity (Wildman–Crippen MR) is 114 cm³/mol. The first-order chi connectivity index (χ1) is 14.5. The van der Waals surface area contributed by atoms with Crippen LogP contribution in [0.5, 0.6) is 0 Å². The van der Waals surface area contributed by atoms with E-state index in [1.54, 1.807) is 27.7 Å². The molecule has 2 heterocycles. The number of ether oxygens (including phenoxy) is 2. The third kappa shape index (κ3) is 4.90. The normalized spacial score (nSPS) is 36.2. The summed E-state index contributed by atoms with van der Waals surface area (Å²) in [6, 6.07) is -0.745. The number of quaternary nitrogens is 1. The van der Waals surface area contributed by atoms with E-state index in [-0.39, 0.29) is 24.5 Å². The first kappa shape index (κ1) is 24.0. The summed E-state index contributed by atoms with van der Waals surface area (Å²) in [6.07, 6.45) is 3.50. The summed E-state index contributed by atoms with van der Waals surface area (Å²) in [5.74, 6) is 0.595. The zero-order chi connectivity index (χ0) is 23.0. The zero-order valence-corrected chi connectivity index (χ0v) is 19.6. The van der Waals surface area contributed by atoms with Gasteiger partial charge in [0.05, 0.1) is 6.04 Å². The van der Waals surface area contributed by atoms with Gasteiger partial charge in [0.25, 0.3) is 5.91 Å². The molecule has 8 nitrogen and oxygen atoms in total. The van der Waals surface area contributed by atoms with Gasteiger partial charge in [0.15, 0.2) is 0 Å². The van der Waals surface area contributed by atoms with Gasteiger partial charge in [0.1, 0.15) is 24.3 Å². The molecule has 2 aliphatic heterocycles. The second-order valence-electron chi connectivity index (χ2n) is 10.7. The fraction of sp³-hybridized carbons (Fsp3) is 0.870. The van der Waals surface area contributed by atoms with Crippen molar-refractivity contribution in [3.05, 3.63) is 0 Å². The van der Waals surface area contributed by atoms with E-state index in [4.69, 9.17) is 9.47 Å². The fourth-order valence-electron chi connectivity index (χ4n) is 5.42. The van der Waals surface area contributed by atoms with Gasteiger partial charge in [-0.1, -0.05) is 6.92 Å². The summed E-state index contributed by atoms with van der Waals surface area (Å²) in [5, 5.41) is 10.1. The maximum absolute atomic E-state index is 13.5. The third-order valence-corrected chi connectivity index (χ3v) is 7.16. The first-order valence-electron chi connectivity index (χ1n) is 11.7. The van der Waals surface area contributed by atoms with E-state index in [9.17, 15) is 19.5 Å². The Kier molecular flexibility index (Phi) is 7.01. The summed E-state index contributed by atoms with van der Waals surface area (Å²) in [7, 11) is 0. The second kappa shape index (κ2) is 9.06. The van der Waals surface area contributed by atoms with Gasteiger partial charge in [-0.25, -0.2) is 0 Å². The van der Waals surface area contributed by atoms with Crippen LogP contribution < -0.4 is 0 Å². The van der Waals surface area contributed by atoms with Gasteiger partial charge in [0, 0.05) is 19.1 Å². The van der Waals surface area contributed by atoms with E-state index in [1.807, 2.05) is 4.90 Å².